The lowest BCUT2D eigenvalue weighted by Crippen LogP contribution is -2.16. The summed E-state index contributed by atoms with van der Waals surface area (Å²) >= 11 is 12.3. The SMILES string of the molecule is CCOC(=O)c1ccc(NC(=O)c2cc(NS(=O)(=O)c3ccc(C)cc3)ccc2Cl)cc1Cl. The number of rotatable bonds is 7. The summed E-state index contributed by atoms with van der Waals surface area (Å²) in [6.07, 6.45) is 0. The summed E-state index contributed by atoms with van der Waals surface area (Å²) in [5.74, 6) is -1.16. The molecule has 3 aromatic carbocycles. The van der Waals surface area contributed by atoms with Gasteiger partial charge in [-0.3, -0.25) is 9.52 Å². The summed E-state index contributed by atoms with van der Waals surface area (Å²) in [7, 11) is -3.85. The Kier molecular flexibility index (Phi) is 7.63. The van der Waals surface area contributed by atoms with Gasteiger partial charge in [0.15, 0.2) is 0 Å². The third-order valence-electron chi connectivity index (χ3n) is 4.52. The monoisotopic (exact) mass is 506 g/mol. The number of aryl methyl sites for hydroxylation is 1. The predicted molar refractivity (Wildman–Crippen MR) is 129 cm³/mol. The zero-order chi connectivity index (χ0) is 24.2. The second-order valence-corrected chi connectivity index (χ2v) is 9.48. The Bertz CT molecular complexity index is 1310. The number of hydrogen-bond acceptors (Lipinski definition) is 5. The van der Waals surface area contributed by atoms with Crippen molar-refractivity contribution in [3.63, 3.8) is 0 Å². The molecule has 0 saturated carbocycles. The standard InChI is InChI=1S/C23H20Cl2N2O5S/c1-3-32-23(29)18-10-6-15(13-21(18)25)26-22(28)19-12-16(7-11-20(19)24)27-33(30,31)17-8-4-14(2)5-9-17/h4-13,27H,3H2,1-2H3,(H,26,28). The van der Waals surface area contributed by atoms with Gasteiger partial charge >= 0.3 is 5.97 Å². The number of sulfonamides is 1. The van der Waals surface area contributed by atoms with E-state index in [1.165, 1.54) is 48.5 Å². The van der Waals surface area contributed by atoms with Gasteiger partial charge in [0.1, 0.15) is 0 Å². The quantitative estimate of drug-likeness (QED) is 0.410. The molecule has 0 atom stereocenters. The molecule has 0 bridgehead atoms. The van der Waals surface area contributed by atoms with Gasteiger partial charge in [0.05, 0.1) is 32.7 Å². The van der Waals surface area contributed by atoms with Crippen LogP contribution in [0, 0.1) is 6.92 Å². The van der Waals surface area contributed by atoms with Gasteiger partial charge in [-0.05, 0) is 62.4 Å². The average molecular weight is 507 g/mol. The molecule has 0 aliphatic carbocycles. The van der Waals surface area contributed by atoms with E-state index in [1.807, 2.05) is 6.92 Å². The van der Waals surface area contributed by atoms with Crippen LogP contribution in [0.25, 0.3) is 0 Å². The van der Waals surface area contributed by atoms with Gasteiger partial charge in [0.2, 0.25) is 0 Å². The molecule has 0 aromatic heterocycles. The van der Waals surface area contributed by atoms with Crippen LogP contribution in [0.1, 0.15) is 33.2 Å². The number of esters is 1. The van der Waals surface area contributed by atoms with Gasteiger partial charge in [0, 0.05) is 11.4 Å². The fraction of sp³-hybridized carbons (Fsp3) is 0.130. The van der Waals surface area contributed by atoms with E-state index in [-0.39, 0.29) is 38.4 Å². The van der Waals surface area contributed by atoms with E-state index < -0.39 is 21.9 Å². The summed E-state index contributed by atoms with van der Waals surface area (Å²) < 4.78 is 32.7. The van der Waals surface area contributed by atoms with Crippen LogP contribution in [-0.2, 0) is 14.8 Å². The van der Waals surface area contributed by atoms with Gasteiger partial charge in [0.25, 0.3) is 15.9 Å². The lowest BCUT2D eigenvalue weighted by molar-refractivity contribution is 0.0526. The van der Waals surface area contributed by atoms with Gasteiger partial charge in [-0.1, -0.05) is 40.9 Å². The zero-order valence-corrected chi connectivity index (χ0v) is 20.0. The molecule has 10 heteroatoms. The molecule has 3 rings (SSSR count). The van der Waals surface area contributed by atoms with Crippen LogP contribution in [0.15, 0.2) is 65.6 Å². The fourth-order valence-corrected chi connectivity index (χ4v) is 4.37. The maximum atomic E-state index is 12.8. The Balaban J connectivity index is 1.80. The number of nitrogens with one attached hydrogen (secondary N) is 2. The average Bonchev–Trinajstić information content (AvgIpc) is 2.75. The number of carbonyl (C=O) groups excluding carboxylic acids is 2. The van der Waals surface area contributed by atoms with Crippen molar-refractivity contribution in [2.45, 2.75) is 18.7 Å². The maximum absolute atomic E-state index is 12.8. The second-order valence-electron chi connectivity index (χ2n) is 6.98. The summed E-state index contributed by atoms with van der Waals surface area (Å²) in [6, 6.07) is 14.9. The molecule has 7 nitrogen and oxygen atoms in total. The van der Waals surface area contributed by atoms with Crippen molar-refractivity contribution in [2.24, 2.45) is 0 Å². The van der Waals surface area contributed by atoms with Crippen molar-refractivity contribution in [3.8, 4) is 0 Å². The molecule has 1 amide bonds. The van der Waals surface area contributed by atoms with E-state index in [4.69, 9.17) is 27.9 Å². The van der Waals surface area contributed by atoms with Crippen LogP contribution < -0.4 is 10.0 Å². The normalized spacial score (nSPS) is 11.0. The summed E-state index contributed by atoms with van der Waals surface area (Å²) in [6.45, 7) is 3.74. The van der Waals surface area contributed by atoms with Crippen LogP contribution in [0.5, 0.6) is 0 Å². The van der Waals surface area contributed by atoms with Crippen molar-refractivity contribution in [1.82, 2.24) is 0 Å². The number of amides is 1. The van der Waals surface area contributed by atoms with E-state index in [9.17, 15) is 18.0 Å². The minimum Gasteiger partial charge on any atom is -0.462 e. The van der Waals surface area contributed by atoms with Crippen molar-refractivity contribution >= 4 is 56.5 Å². The molecule has 0 aliphatic rings. The van der Waals surface area contributed by atoms with Crippen LogP contribution in [-0.4, -0.2) is 26.9 Å². The van der Waals surface area contributed by atoms with Crippen molar-refractivity contribution in [2.75, 3.05) is 16.6 Å². The summed E-state index contributed by atoms with van der Waals surface area (Å²) in [4.78, 5) is 24.7. The highest BCUT2D eigenvalue weighted by Crippen LogP contribution is 2.26. The summed E-state index contributed by atoms with van der Waals surface area (Å²) in [5.41, 5.74) is 1.63. The van der Waals surface area contributed by atoms with Gasteiger partial charge in [-0.2, -0.15) is 0 Å². The molecule has 0 heterocycles. The van der Waals surface area contributed by atoms with Gasteiger partial charge < -0.3 is 10.1 Å². The third-order valence-corrected chi connectivity index (χ3v) is 6.56. The fourth-order valence-electron chi connectivity index (χ4n) is 2.86. The first kappa shape index (κ1) is 24.6. The third kappa shape index (κ3) is 6.04. The van der Waals surface area contributed by atoms with Crippen molar-refractivity contribution in [1.29, 1.82) is 0 Å². The van der Waals surface area contributed by atoms with Crippen molar-refractivity contribution < 1.29 is 22.7 Å². The smallest absolute Gasteiger partial charge is 0.339 e. The summed E-state index contributed by atoms with van der Waals surface area (Å²) in [5, 5.41) is 2.86. The molecule has 0 aliphatic heterocycles. The first-order chi connectivity index (χ1) is 15.6. The highest BCUT2D eigenvalue weighted by molar-refractivity contribution is 7.92. The first-order valence-corrected chi connectivity index (χ1v) is 12.0. The molecule has 0 radical (unpaired) electrons. The lowest BCUT2D eigenvalue weighted by Gasteiger charge is -2.12. The van der Waals surface area contributed by atoms with Crippen LogP contribution in [0.3, 0.4) is 0 Å². The Labute approximate surface area is 201 Å². The maximum Gasteiger partial charge on any atom is 0.339 e. The van der Waals surface area contributed by atoms with Crippen molar-refractivity contribution in [3.05, 3.63) is 87.4 Å². The first-order valence-electron chi connectivity index (χ1n) is 9.78. The number of carbonyl (C=O) groups is 2. The number of ether oxygens (including phenoxy) is 1. The molecule has 0 saturated heterocycles. The number of benzene rings is 3. The lowest BCUT2D eigenvalue weighted by atomic mass is 10.1. The van der Waals surface area contributed by atoms with Crippen LogP contribution in [0.2, 0.25) is 10.0 Å². The Hall–Kier alpha value is -3.07. The number of halogens is 2. The van der Waals surface area contributed by atoms with E-state index in [2.05, 4.69) is 10.0 Å². The van der Waals surface area contributed by atoms with E-state index in [0.717, 1.165) is 5.56 Å². The van der Waals surface area contributed by atoms with E-state index >= 15 is 0 Å². The zero-order valence-electron chi connectivity index (χ0n) is 17.7. The van der Waals surface area contributed by atoms with Gasteiger partial charge in [-0.25, -0.2) is 13.2 Å². The molecule has 0 spiro atoms. The number of anilines is 2. The van der Waals surface area contributed by atoms with E-state index in [0.29, 0.717) is 5.69 Å². The molecule has 0 unspecified atom stereocenters. The molecule has 172 valence electrons. The molecule has 3 aromatic rings. The Morgan fingerprint density at radius 2 is 1.55 bits per heavy atom. The highest BCUT2D eigenvalue weighted by atomic mass is 35.5. The molecule has 2 N–H and O–H groups in total. The largest absolute Gasteiger partial charge is 0.462 e. The molecular formula is C23H20Cl2N2O5S. The topological polar surface area (TPSA) is 102 Å². The highest BCUT2D eigenvalue weighted by Gasteiger charge is 2.18. The second kappa shape index (κ2) is 10.2. The van der Waals surface area contributed by atoms with Crippen LogP contribution >= 0.6 is 23.2 Å². The van der Waals surface area contributed by atoms with Gasteiger partial charge in [-0.15, -0.1) is 0 Å². The predicted octanol–water partition coefficient (Wildman–Crippen LogP) is 5.53. The molecule has 0 fully saturated rings. The van der Waals surface area contributed by atoms with E-state index in [1.54, 1.807) is 19.1 Å². The number of hydrogen-bond donors (Lipinski definition) is 2. The molecule has 33 heavy (non-hydrogen) atoms. The minimum atomic E-state index is -3.85. The Morgan fingerprint density at radius 1 is 0.879 bits per heavy atom. The Morgan fingerprint density at radius 3 is 2.18 bits per heavy atom. The molecular weight excluding hydrogens is 487 g/mol. The van der Waals surface area contributed by atoms with Crippen LogP contribution in [0.4, 0.5) is 11.4 Å². The minimum absolute atomic E-state index is 0.0476.